The highest BCUT2D eigenvalue weighted by atomic mass is 19.1. The molecule has 1 saturated heterocycles. The molecule has 0 saturated carbocycles. The minimum atomic E-state index is -0.248. The van der Waals surface area contributed by atoms with E-state index in [1.54, 1.807) is 17.9 Å². The molecule has 1 atom stereocenters. The van der Waals surface area contributed by atoms with E-state index in [2.05, 4.69) is 10.00 Å². The minimum Gasteiger partial charge on any atom is -0.380 e. The summed E-state index contributed by atoms with van der Waals surface area (Å²) in [6, 6.07) is 6.45. The molecule has 1 aromatic carbocycles. The van der Waals surface area contributed by atoms with Crippen LogP contribution in [0.2, 0.25) is 0 Å². The molecular weight excluding hydrogens is 257 g/mol. The normalized spacial score (nSPS) is 19.6. The summed E-state index contributed by atoms with van der Waals surface area (Å²) in [5.41, 5.74) is 1.87. The fourth-order valence-corrected chi connectivity index (χ4v) is 2.59. The van der Waals surface area contributed by atoms with Gasteiger partial charge in [0.05, 0.1) is 18.0 Å². The highest BCUT2D eigenvalue weighted by Crippen LogP contribution is 2.16. The first kappa shape index (κ1) is 13.3. The lowest BCUT2D eigenvalue weighted by atomic mass is 10.3. The molecule has 1 aliphatic rings. The van der Waals surface area contributed by atoms with Gasteiger partial charge in [0.15, 0.2) is 0 Å². The van der Waals surface area contributed by atoms with Crippen LogP contribution in [0.15, 0.2) is 36.7 Å². The molecule has 1 aromatic heterocycles. The zero-order valence-electron chi connectivity index (χ0n) is 11.5. The van der Waals surface area contributed by atoms with Gasteiger partial charge in [-0.1, -0.05) is 6.07 Å². The van der Waals surface area contributed by atoms with Crippen molar-refractivity contribution in [2.75, 3.05) is 20.2 Å². The van der Waals surface area contributed by atoms with E-state index in [-0.39, 0.29) is 5.82 Å². The van der Waals surface area contributed by atoms with Gasteiger partial charge < -0.3 is 4.74 Å². The number of hydrogen-bond acceptors (Lipinski definition) is 3. The summed E-state index contributed by atoms with van der Waals surface area (Å²) in [5, 5.41) is 4.30. The first-order chi connectivity index (χ1) is 9.74. The highest BCUT2D eigenvalue weighted by molar-refractivity contribution is 5.31. The summed E-state index contributed by atoms with van der Waals surface area (Å²) in [6.07, 6.45) is 5.21. The molecule has 4 nitrogen and oxygen atoms in total. The van der Waals surface area contributed by atoms with Crippen LogP contribution in [0.25, 0.3) is 5.69 Å². The Hall–Kier alpha value is -1.72. The van der Waals surface area contributed by atoms with Gasteiger partial charge in [-0.25, -0.2) is 9.07 Å². The maximum absolute atomic E-state index is 13.2. The SMILES string of the molecule is CO[C@H]1CCN(Cc2cnn(-c3cccc(F)c3)c2)C1. The van der Waals surface area contributed by atoms with Crippen LogP contribution in [0.3, 0.4) is 0 Å². The predicted molar refractivity (Wildman–Crippen MR) is 74.2 cm³/mol. The van der Waals surface area contributed by atoms with Gasteiger partial charge in [-0.2, -0.15) is 5.10 Å². The molecule has 0 bridgehead atoms. The number of methoxy groups -OCH3 is 1. The van der Waals surface area contributed by atoms with Crippen molar-refractivity contribution in [3.05, 3.63) is 48.0 Å². The Morgan fingerprint density at radius 2 is 2.35 bits per heavy atom. The van der Waals surface area contributed by atoms with Crippen LogP contribution in [-0.4, -0.2) is 41.0 Å². The average Bonchev–Trinajstić information content (AvgIpc) is 3.08. The molecule has 2 aromatic rings. The fourth-order valence-electron chi connectivity index (χ4n) is 2.59. The molecule has 20 heavy (non-hydrogen) atoms. The van der Waals surface area contributed by atoms with E-state index in [0.717, 1.165) is 37.3 Å². The quantitative estimate of drug-likeness (QED) is 0.857. The van der Waals surface area contributed by atoms with Crippen molar-refractivity contribution in [2.45, 2.75) is 19.1 Å². The first-order valence-corrected chi connectivity index (χ1v) is 6.79. The maximum atomic E-state index is 13.2. The lowest BCUT2D eigenvalue weighted by Gasteiger charge is -2.13. The Morgan fingerprint density at radius 1 is 1.45 bits per heavy atom. The Bertz CT molecular complexity index is 584. The van der Waals surface area contributed by atoms with Crippen molar-refractivity contribution in [1.82, 2.24) is 14.7 Å². The van der Waals surface area contributed by atoms with E-state index in [4.69, 9.17) is 4.74 Å². The van der Waals surface area contributed by atoms with Crippen LogP contribution in [0.5, 0.6) is 0 Å². The summed E-state index contributed by atoms with van der Waals surface area (Å²) in [5.74, 6) is -0.248. The van der Waals surface area contributed by atoms with Gasteiger partial charge >= 0.3 is 0 Å². The van der Waals surface area contributed by atoms with Crippen molar-refractivity contribution in [1.29, 1.82) is 0 Å². The summed E-state index contributed by atoms with van der Waals surface area (Å²) < 4.78 is 20.3. The van der Waals surface area contributed by atoms with Gasteiger partial charge in [0.1, 0.15) is 5.82 Å². The van der Waals surface area contributed by atoms with E-state index in [1.807, 2.05) is 18.5 Å². The van der Waals surface area contributed by atoms with Crippen molar-refractivity contribution < 1.29 is 9.13 Å². The molecule has 0 amide bonds. The van der Waals surface area contributed by atoms with E-state index >= 15 is 0 Å². The highest BCUT2D eigenvalue weighted by Gasteiger charge is 2.22. The molecule has 5 heteroatoms. The van der Waals surface area contributed by atoms with E-state index in [0.29, 0.717) is 6.10 Å². The largest absolute Gasteiger partial charge is 0.380 e. The Labute approximate surface area is 117 Å². The smallest absolute Gasteiger partial charge is 0.125 e. The number of benzene rings is 1. The molecule has 0 radical (unpaired) electrons. The number of nitrogens with zero attached hydrogens (tertiary/aromatic N) is 3. The van der Waals surface area contributed by atoms with Crippen molar-refractivity contribution in [2.24, 2.45) is 0 Å². The second-order valence-electron chi connectivity index (χ2n) is 5.15. The van der Waals surface area contributed by atoms with Crippen LogP contribution < -0.4 is 0 Å². The molecule has 1 aliphatic heterocycles. The Kier molecular flexibility index (Phi) is 3.80. The number of ether oxygens (including phenoxy) is 1. The van der Waals surface area contributed by atoms with Gasteiger partial charge in [-0.05, 0) is 24.6 Å². The third-order valence-corrected chi connectivity index (χ3v) is 3.68. The standard InChI is InChI=1S/C15H18FN3O/c1-20-15-5-6-18(11-15)9-12-8-17-19(10-12)14-4-2-3-13(16)7-14/h2-4,7-8,10,15H,5-6,9,11H2,1H3/t15-/m0/s1. The summed E-state index contributed by atoms with van der Waals surface area (Å²) in [4.78, 5) is 2.35. The summed E-state index contributed by atoms with van der Waals surface area (Å²) in [7, 11) is 1.76. The molecule has 1 fully saturated rings. The number of halogens is 1. The third kappa shape index (κ3) is 2.89. The van der Waals surface area contributed by atoms with Gasteiger partial charge in [0, 0.05) is 38.5 Å². The summed E-state index contributed by atoms with van der Waals surface area (Å²) in [6.45, 7) is 2.86. The van der Waals surface area contributed by atoms with Crippen LogP contribution in [0, 0.1) is 5.82 Å². The van der Waals surface area contributed by atoms with Crippen LogP contribution in [0.1, 0.15) is 12.0 Å². The van der Waals surface area contributed by atoms with Crippen LogP contribution >= 0.6 is 0 Å². The lowest BCUT2D eigenvalue weighted by molar-refractivity contribution is 0.107. The van der Waals surface area contributed by atoms with Crippen LogP contribution in [-0.2, 0) is 11.3 Å². The molecule has 0 spiro atoms. The zero-order chi connectivity index (χ0) is 13.9. The Balaban J connectivity index is 1.68. The number of rotatable bonds is 4. The van der Waals surface area contributed by atoms with E-state index < -0.39 is 0 Å². The number of likely N-dealkylation sites (tertiary alicyclic amines) is 1. The molecule has 106 valence electrons. The second-order valence-corrected chi connectivity index (χ2v) is 5.15. The monoisotopic (exact) mass is 275 g/mol. The lowest BCUT2D eigenvalue weighted by Crippen LogP contribution is -2.22. The van der Waals surface area contributed by atoms with Crippen LogP contribution in [0.4, 0.5) is 4.39 Å². The average molecular weight is 275 g/mol. The Morgan fingerprint density at radius 3 is 3.10 bits per heavy atom. The zero-order valence-corrected chi connectivity index (χ0v) is 11.5. The second kappa shape index (κ2) is 5.73. The minimum absolute atomic E-state index is 0.248. The van der Waals surface area contributed by atoms with E-state index in [9.17, 15) is 4.39 Å². The molecule has 0 N–H and O–H groups in total. The summed E-state index contributed by atoms with van der Waals surface area (Å²) >= 11 is 0. The molecular formula is C15H18FN3O. The number of aromatic nitrogens is 2. The molecule has 2 heterocycles. The maximum Gasteiger partial charge on any atom is 0.125 e. The first-order valence-electron chi connectivity index (χ1n) is 6.79. The van der Waals surface area contributed by atoms with Gasteiger partial charge in [0.25, 0.3) is 0 Å². The topological polar surface area (TPSA) is 30.3 Å². The molecule has 3 rings (SSSR count). The van der Waals surface area contributed by atoms with Crippen molar-refractivity contribution in [3.8, 4) is 5.69 Å². The molecule has 0 unspecified atom stereocenters. The number of hydrogen-bond donors (Lipinski definition) is 0. The van der Waals surface area contributed by atoms with Gasteiger partial charge in [-0.3, -0.25) is 4.90 Å². The van der Waals surface area contributed by atoms with Gasteiger partial charge in [-0.15, -0.1) is 0 Å². The van der Waals surface area contributed by atoms with Crippen molar-refractivity contribution in [3.63, 3.8) is 0 Å². The third-order valence-electron chi connectivity index (χ3n) is 3.68. The fraction of sp³-hybridized carbons (Fsp3) is 0.400. The van der Waals surface area contributed by atoms with Crippen molar-refractivity contribution >= 4 is 0 Å². The van der Waals surface area contributed by atoms with Gasteiger partial charge in [0.2, 0.25) is 0 Å². The molecule has 0 aliphatic carbocycles. The van der Waals surface area contributed by atoms with E-state index in [1.165, 1.54) is 12.1 Å². The predicted octanol–water partition coefficient (Wildman–Crippen LogP) is 2.23.